The number of carboxylic acids is 1. The van der Waals surface area contributed by atoms with Gasteiger partial charge in [-0.2, -0.15) is 0 Å². The molecule has 0 radical (unpaired) electrons. The molecule has 5 rings (SSSR count). The molecule has 3 heterocycles. The second-order valence-corrected chi connectivity index (χ2v) is 8.69. The van der Waals surface area contributed by atoms with Crippen molar-refractivity contribution >= 4 is 34.9 Å². The summed E-state index contributed by atoms with van der Waals surface area (Å²) >= 11 is 1.32. The summed E-state index contributed by atoms with van der Waals surface area (Å²) in [7, 11) is 3.96. The average Bonchev–Trinajstić information content (AvgIpc) is 3.05. The molecule has 6 nitrogen and oxygen atoms in total. The average molecular weight is 401 g/mol. The molecule has 1 atom stereocenters. The number of anilines is 2. The van der Waals surface area contributed by atoms with E-state index in [1.807, 2.05) is 24.4 Å². The first kappa shape index (κ1) is 17.8. The van der Waals surface area contributed by atoms with Gasteiger partial charge in [0.2, 0.25) is 5.78 Å². The highest BCUT2D eigenvalue weighted by Crippen LogP contribution is 2.58. The zero-order chi connectivity index (χ0) is 19.7. The summed E-state index contributed by atoms with van der Waals surface area (Å²) in [5.41, 5.74) is 3.09. The van der Waals surface area contributed by atoms with Crippen molar-refractivity contribution in [1.29, 1.82) is 0 Å². The van der Waals surface area contributed by atoms with Crippen LogP contribution in [0.3, 0.4) is 0 Å². The number of nitrogens with zero attached hydrogens (tertiary/aromatic N) is 3. The minimum absolute atomic E-state index is 0.191. The van der Waals surface area contributed by atoms with Crippen LogP contribution in [-0.4, -0.2) is 68.6 Å². The normalized spacial score (nSPS) is 23.9. The van der Waals surface area contributed by atoms with Gasteiger partial charge in [0.1, 0.15) is 11.4 Å². The molecule has 0 aromatic heterocycles. The lowest BCUT2D eigenvalue weighted by molar-refractivity contribution is -0.132. The maximum Gasteiger partial charge on any atom is 0.340 e. The van der Waals surface area contributed by atoms with E-state index >= 15 is 4.39 Å². The third-order valence-corrected chi connectivity index (χ3v) is 7.19. The number of halogens is 1. The van der Waals surface area contributed by atoms with E-state index in [0.29, 0.717) is 30.2 Å². The minimum atomic E-state index is -1.24. The third kappa shape index (κ3) is 2.31. The van der Waals surface area contributed by atoms with Crippen LogP contribution in [0.1, 0.15) is 21.8 Å². The standard InChI is InChI=1S/C20H20FN3O3S/c1-22-3-5-24(6-4-22)16-12(21)7-11-14-13-10(8-23(2)17(14)16)9-28-19(13)15(18(11)25)20(26)27/h7,9,13H,3-6,8H2,1-2H3,(H,26,27). The lowest BCUT2D eigenvalue weighted by Gasteiger charge is -2.42. The van der Waals surface area contributed by atoms with Crippen molar-refractivity contribution in [2.75, 3.05) is 56.6 Å². The van der Waals surface area contributed by atoms with Crippen LogP contribution in [0.25, 0.3) is 0 Å². The molecule has 1 aromatic carbocycles. The van der Waals surface area contributed by atoms with Crippen LogP contribution in [0.15, 0.2) is 27.5 Å². The summed E-state index contributed by atoms with van der Waals surface area (Å²) in [5, 5.41) is 11.6. The number of hydrogen-bond donors (Lipinski definition) is 1. The van der Waals surface area contributed by atoms with Crippen LogP contribution in [-0.2, 0) is 4.79 Å². The summed E-state index contributed by atoms with van der Waals surface area (Å²) in [6, 6.07) is 1.26. The van der Waals surface area contributed by atoms with E-state index in [-0.39, 0.29) is 17.1 Å². The van der Waals surface area contributed by atoms with Gasteiger partial charge in [-0.25, -0.2) is 9.18 Å². The first-order valence-corrected chi connectivity index (χ1v) is 10.1. The topological polar surface area (TPSA) is 64.1 Å². The van der Waals surface area contributed by atoms with Crippen LogP contribution in [0, 0.1) is 5.82 Å². The van der Waals surface area contributed by atoms with E-state index < -0.39 is 17.6 Å². The van der Waals surface area contributed by atoms with Crippen molar-refractivity contribution in [2.24, 2.45) is 0 Å². The van der Waals surface area contributed by atoms with Crippen LogP contribution in [0.5, 0.6) is 0 Å². The molecule has 1 aliphatic carbocycles. The smallest absolute Gasteiger partial charge is 0.340 e. The molecule has 4 aliphatic rings. The second kappa shape index (κ2) is 6.09. The number of hydrogen-bond acceptors (Lipinski definition) is 6. The van der Waals surface area contributed by atoms with Gasteiger partial charge in [0.05, 0.1) is 11.4 Å². The fourth-order valence-electron chi connectivity index (χ4n) is 4.73. The molecule has 0 saturated carbocycles. The number of carbonyl (C=O) groups is 2. The Morgan fingerprint density at radius 1 is 1.21 bits per heavy atom. The Hall–Kier alpha value is -2.32. The lowest BCUT2D eigenvalue weighted by Crippen LogP contribution is -2.46. The Morgan fingerprint density at radius 2 is 1.93 bits per heavy atom. The molecule has 1 aromatic rings. The highest BCUT2D eigenvalue weighted by atomic mass is 32.2. The Kier molecular flexibility index (Phi) is 3.86. The predicted molar refractivity (Wildman–Crippen MR) is 107 cm³/mol. The van der Waals surface area contributed by atoms with Gasteiger partial charge in [0, 0.05) is 61.7 Å². The van der Waals surface area contributed by atoms with Crippen molar-refractivity contribution in [3.8, 4) is 0 Å². The van der Waals surface area contributed by atoms with Gasteiger partial charge < -0.3 is 19.8 Å². The number of thioether (sulfide) groups is 1. The van der Waals surface area contributed by atoms with Crippen LogP contribution < -0.4 is 9.80 Å². The van der Waals surface area contributed by atoms with Crippen molar-refractivity contribution in [3.63, 3.8) is 0 Å². The number of ketones is 1. The number of rotatable bonds is 2. The Labute approximate surface area is 166 Å². The number of allylic oxidation sites excluding steroid dienone is 1. The summed E-state index contributed by atoms with van der Waals surface area (Å²) in [4.78, 5) is 31.6. The number of benzene rings is 1. The Bertz CT molecular complexity index is 995. The SMILES string of the molecule is CN1CCN(c2c(F)cc3c4c2N(C)CC2=CSC(=C(C(=O)O)C3=O)C24)CC1. The van der Waals surface area contributed by atoms with Gasteiger partial charge in [0.15, 0.2) is 0 Å². The van der Waals surface area contributed by atoms with E-state index in [0.717, 1.165) is 29.9 Å². The van der Waals surface area contributed by atoms with E-state index in [4.69, 9.17) is 0 Å². The number of likely N-dealkylation sites (N-methyl/N-ethyl adjacent to an activating group) is 2. The highest BCUT2D eigenvalue weighted by molar-refractivity contribution is 8.06. The second-order valence-electron chi connectivity index (χ2n) is 7.78. The largest absolute Gasteiger partial charge is 0.478 e. The third-order valence-electron chi connectivity index (χ3n) is 6.08. The van der Waals surface area contributed by atoms with Crippen molar-refractivity contribution in [1.82, 2.24) is 4.90 Å². The zero-order valence-corrected chi connectivity index (χ0v) is 16.5. The van der Waals surface area contributed by atoms with E-state index in [2.05, 4.69) is 9.80 Å². The molecule has 8 heteroatoms. The Morgan fingerprint density at radius 3 is 2.61 bits per heavy atom. The predicted octanol–water partition coefficient (Wildman–Crippen LogP) is 2.28. The summed E-state index contributed by atoms with van der Waals surface area (Å²) in [6.45, 7) is 3.71. The molecular weight excluding hydrogens is 381 g/mol. The van der Waals surface area contributed by atoms with E-state index in [1.165, 1.54) is 17.8 Å². The maximum absolute atomic E-state index is 15.3. The summed E-state index contributed by atoms with van der Waals surface area (Å²) in [6.07, 6.45) is 0. The molecule has 1 N–H and O–H groups in total. The number of Topliss-reactive ketones (excluding diaryl/α,β-unsaturated/α-hetero) is 1. The lowest BCUT2D eigenvalue weighted by atomic mass is 9.75. The maximum atomic E-state index is 15.3. The van der Waals surface area contributed by atoms with Gasteiger partial charge in [0.25, 0.3) is 0 Å². The number of carboxylic acid groups (broad SMARTS) is 1. The van der Waals surface area contributed by atoms with Crippen LogP contribution in [0.2, 0.25) is 0 Å². The van der Waals surface area contributed by atoms with Crippen LogP contribution in [0.4, 0.5) is 15.8 Å². The van der Waals surface area contributed by atoms with Gasteiger partial charge in [-0.1, -0.05) is 0 Å². The van der Waals surface area contributed by atoms with Crippen molar-refractivity contribution in [3.05, 3.63) is 44.5 Å². The summed E-state index contributed by atoms with van der Waals surface area (Å²) < 4.78 is 15.3. The van der Waals surface area contributed by atoms with Gasteiger partial charge >= 0.3 is 5.97 Å². The first-order valence-electron chi connectivity index (χ1n) is 9.27. The van der Waals surface area contributed by atoms with E-state index in [9.17, 15) is 14.7 Å². The van der Waals surface area contributed by atoms with Gasteiger partial charge in [-0.3, -0.25) is 4.79 Å². The Balaban J connectivity index is 1.75. The van der Waals surface area contributed by atoms with Gasteiger partial charge in [-0.15, -0.1) is 11.8 Å². The molecule has 1 unspecified atom stereocenters. The molecule has 0 amide bonds. The molecule has 0 bridgehead atoms. The summed E-state index contributed by atoms with van der Waals surface area (Å²) in [5.74, 6) is -2.53. The number of aliphatic carboxylic acids is 1. The zero-order valence-electron chi connectivity index (χ0n) is 15.7. The van der Waals surface area contributed by atoms with Gasteiger partial charge in [-0.05, 0) is 24.1 Å². The van der Waals surface area contributed by atoms with Crippen molar-refractivity contribution in [2.45, 2.75) is 5.92 Å². The molecule has 1 fully saturated rings. The molecule has 0 spiro atoms. The molecule has 3 aliphatic heterocycles. The first-order chi connectivity index (χ1) is 13.4. The fraction of sp³-hybridized carbons (Fsp3) is 0.400. The number of carbonyl (C=O) groups excluding carboxylic acids is 1. The molecular formula is C20H20FN3O3S. The molecule has 146 valence electrons. The highest BCUT2D eigenvalue weighted by Gasteiger charge is 2.47. The van der Waals surface area contributed by atoms with Crippen LogP contribution >= 0.6 is 11.8 Å². The van der Waals surface area contributed by atoms with E-state index in [1.54, 1.807) is 0 Å². The quantitative estimate of drug-likeness (QED) is 0.763. The monoisotopic (exact) mass is 401 g/mol. The fourth-order valence-corrected chi connectivity index (χ4v) is 5.92. The minimum Gasteiger partial charge on any atom is -0.478 e. The molecule has 1 saturated heterocycles. The van der Waals surface area contributed by atoms with Crippen molar-refractivity contribution < 1.29 is 19.1 Å². The number of piperazine rings is 1. The molecule has 28 heavy (non-hydrogen) atoms.